The van der Waals surface area contributed by atoms with E-state index < -0.39 is 9.84 Å². The Morgan fingerprint density at radius 2 is 2.05 bits per heavy atom. The van der Waals surface area contributed by atoms with Crippen LogP contribution in [0.5, 0.6) is 5.75 Å². The van der Waals surface area contributed by atoms with Crippen LogP contribution in [0.3, 0.4) is 0 Å². The van der Waals surface area contributed by atoms with E-state index in [0.717, 1.165) is 0 Å². The van der Waals surface area contributed by atoms with Crippen LogP contribution in [-0.2, 0) is 14.6 Å². The highest BCUT2D eigenvalue weighted by Gasteiger charge is 2.49. The van der Waals surface area contributed by atoms with Crippen molar-refractivity contribution in [1.82, 2.24) is 4.90 Å². The number of ether oxygens (including phenoxy) is 1. The Balaban J connectivity index is 1.58. The molecule has 5 nitrogen and oxygen atoms in total. The van der Waals surface area contributed by atoms with Crippen molar-refractivity contribution in [3.05, 3.63) is 29.3 Å². The summed E-state index contributed by atoms with van der Waals surface area (Å²) in [5, 5.41) is 0.220. The third-order valence-electron chi connectivity index (χ3n) is 3.80. The first-order valence-electron chi connectivity index (χ1n) is 6.35. The van der Waals surface area contributed by atoms with Gasteiger partial charge in [-0.1, -0.05) is 11.6 Å². The van der Waals surface area contributed by atoms with Crippen LogP contribution in [0, 0.1) is 0 Å². The summed E-state index contributed by atoms with van der Waals surface area (Å²) in [5.41, 5.74) is 0. The standard InChI is InChI=1S/C13H14ClNO4S/c14-9-1-3-11(4-2-9)19-7-13(16)15-6-12-5-10(15)8-20(12,17)18/h1-4,10,12H,5-8H2. The van der Waals surface area contributed by atoms with Gasteiger partial charge in [-0.25, -0.2) is 8.42 Å². The van der Waals surface area contributed by atoms with Gasteiger partial charge >= 0.3 is 0 Å². The van der Waals surface area contributed by atoms with E-state index in [1.54, 1.807) is 29.2 Å². The Bertz CT molecular complexity index is 628. The van der Waals surface area contributed by atoms with Crippen molar-refractivity contribution in [3.63, 3.8) is 0 Å². The minimum Gasteiger partial charge on any atom is -0.484 e. The molecular weight excluding hydrogens is 302 g/mol. The van der Waals surface area contributed by atoms with Gasteiger partial charge in [0.05, 0.1) is 11.0 Å². The summed E-state index contributed by atoms with van der Waals surface area (Å²) < 4.78 is 28.6. The second-order valence-electron chi connectivity index (χ2n) is 5.13. The number of hydrogen-bond acceptors (Lipinski definition) is 4. The van der Waals surface area contributed by atoms with Crippen molar-refractivity contribution in [1.29, 1.82) is 0 Å². The van der Waals surface area contributed by atoms with Crippen LogP contribution in [0.2, 0.25) is 5.02 Å². The number of fused-ring (bicyclic) bond motifs is 2. The van der Waals surface area contributed by atoms with Gasteiger partial charge in [0.1, 0.15) is 5.75 Å². The molecule has 2 unspecified atom stereocenters. The SMILES string of the molecule is O=C(COc1ccc(Cl)cc1)N1CC2CC1CS2(=O)=O. The molecule has 3 rings (SSSR count). The van der Waals surface area contributed by atoms with Gasteiger partial charge in [-0.15, -0.1) is 0 Å². The molecule has 0 N–H and O–H groups in total. The molecule has 2 saturated heterocycles. The molecule has 0 saturated carbocycles. The normalized spacial score (nSPS) is 26.8. The third kappa shape index (κ3) is 2.50. The van der Waals surface area contributed by atoms with E-state index in [0.29, 0.717) is 23.7 Å². The van der Waals surface area contributed by atoms with E-state index in [4.69, 9.17) is 16.3 Å². The average Bonchev–Trinajstić information content (AvgIpc) is 2.93. The van der Waals surface area contributed by atoms with E-state index in [1.807, 2.05) is 0 Å². The molecule has 108 valence electrons. The number of carbonyl (C=O) groups is 1. The van der Waals surface area contributed by atoms with Crippen LogP contribution in [0.15, 0.2) is 24.3 Å². The topological polar surface area (TPSA) is 63.7 Å². The largest absolute Gasteiger partial charge is 0.484 e. The fourth-order valence-electron chi connectivity index (χ4n) is 2.76. The first-order valence-corrected chi connectivity index (χ1v) is 8.44. The first kappa shape index (κ1) is 13.7. The number of amides is 1. The molecule has 20 heavy (non-hydrogen) atoms. The predicted molar refractivity (Wildman–Crippen MR) is 74.6 cm³/mol. The summed E-state index contributed by atoms with van der Waals surface area (Å²) in [7, 11) is -2.98. The second-order valence-corrected chi connectivity index (χ2v) is 7.89. The first-order chi connectivity index (χ1) is 9.45. The Kier molecular flexibility index (Phi) is 3.38. The summed E-state index contributed by atoms with van der Waals surface area (Å²) in [6, 6.07) is 6.58. The van der Waals surface area contributed by atoms with Crippen LogP contribution >= 0.6 is 11.6 Å². The van der Waals surface area contributed by atoms with Gasteiger partial charge in [0, 0.05) is 17.6 Å². The summed E-state index contributed by atoms with van der Waals surface area (Å²) in [4.78, 5) is 13.7. The molecular formula is C13H14ClNO4S. The molecule has 1 aromatic carbocycles. The lowest BCUT2D eigenvalue weighted by molar-refractivity contribution is -0.133. The zero-order valence-corrected chi connectivity index (χ0v) is 12.2. The van der Waals surface area contributed by atoms with Gasteiger partial charge in [0.15, 0.2) is 16.4 Å². The van der Waals surface area contributed by atoms with Crippen molar-refractivity contribution in [3.8, 4) is 5.75 Å². The van der Waals surface area contributed by atoms with Gasteiger partial charge in [0.25, 0.3) is 5.91 Å². The van der Waals surface area contributed by atoms with Gasteiger partial charge in [0.2, 0.25) is 0 Å². The van der Waals surface area contributed by atoms with Crippen LogP contribution < -0.4 is 4.74 Å². The average molecular weight is 316 g/mol. The number of benzene rings is 1. The van der Waals surface area contributed by atoms with Crippen molar-refractivity contribution in [2.75, 3.05) is 18.9 Å². The Morgan fingerprint density at radius 3 is 2.60 bits per heavy atom. The minimum absolute atomic E-state index is 0.0785. The van der Waals surface area contributed by atoms with Gasteiger partial charge in [-0.05, 0) is 30.7 Å². The second kappa shape index (κ2) is 4.93. The zero-order valence-electron chi connectivity index (χ0n) is 10.7. The maximum absolute atomic E-state index is 12.1. The van der Waals surface area contributed by atoms with Crippen LogP contribution in [0.1, 0.15) is 6.42 Å². The Labute approximate surface area is 122 Å². The number of sulfone groups is 1. The third-order valence-corrected chi connectivity index (χ3v) is 6.26. The number of carbonyl (C=O) groups excluding carboxylic acids is 1. The monoisotopic (exact) mass is 315 g/mol. The van der Waals surface area contributed by atoms with Gasteiger partial charge < -0.3 is 9.64 Å². The minimum atomic E-state index is -2.98. The molecule has 2 bridgehead atoms. The van der Waals surface area contributed by atoms with E-state index in [2.05, 4.69) is 0 Å². The fraction of sp³-hybridized carbons (Fsp3) is 0.462. The lowest BCUT2D eigenvalue weighted by Gasteiger charge is -2.26. The summed E-state index contributed by atoms with van der Waals surface area (Å²) in [5.74, 6) is 0.492. The van der Waals surface area contributed by atoms with E-state index >= 15 is 0 Å². The van der Waals surface area contributed by atoms with Gasteiger partial charge in [-0.3, -0.25) is 4.79 Å². The highest BCUT2D eigenvalue weighted by Crippen LogP contribution is 2.32. The molecule has 0 aliphatic carbocycles. The summed E-state index contributed by atoms with van der Waals surface area (Å²) in [6.45, 7) is 0.223. The zero-order chi connectivity index (χ0) is 14.3. The van der Waals surface area contributed by atoms with Crippen molar-refractivity contribution >= 4 is 27.3 Å². The summed E-state index contributed by atoms with van der Waals surface area (Å²) in [6.07, 6.45) is 0.565. The highest BCUT2D eigenvalue weighted by atomic mass is 35.5. The van der Waals surface area contributed by atoms with Crippen molar-refractivity contribution in [2.24, 2.45) is 0 Å². The number of hydrogen-bond donors (Lipinski definition) is 0. The van der Waals surface area contributed by atoms with Gasteiger partial charge in [-0.2, -0.15) is 0 Å². The lowest BCUT2D eigenvalue weighted by Crippen LogP contribution is -2.45. The van der Waals surface area contributed by atoms with Crippen molar-refractivity contribution < 1.29 is 17.9 Å². The number of halogens is 1. The molecule has 0 radical (unpaired) electrons. The Hall–Kier alpha value is -1.27. The maximum atomic E-state index is 12.1. The molecule has 1 aromatic rings. The molecule has 2 fully saturated rings. The molecule has 1 amide bonds. The number of likely N-dealkylation sites (tertiary alicyclic amines) is 1. The Morgan fingerprint density at radius 1 is 1.35 bits per heavy atom. The lowest BCUT2D eigenvalue weighted by atomic mass is 10.2. The smallest absolute Gasteiger partial charge is 0.260 e. The molecule has 7 heteroatoms. The molecule has 0 aromatic heterocycles. The van der Waals surface area contributed by atoms with Crippen LogP contribution in [0.25, 0.3) is 0 Å². The quantitative estimate of drug-likeness (QED) is 0.838. The number of nitrogens with zero attached hydrogens (tertiary/aromatic N) is 1. The number of rotatable bonds is 3. The molecule has 2 aliphatic heterocycles. The maximum Gasteiger partial charge on any atom is 0.260 e. The predicted octanol–water partition coefficient (Wildman–Crippen LogP) is 1.12. The van der Waals surface area contributed by atoms with E-state index in [1.165, 1.54) is 0 Å². The molecule has 0 spiro atoms. The molecule has 2 atom stereocenters. The summed E-state index contributed by atoms with van der Waals surface area (Å²) >= 11 is 5.76. The fourth-order valence-corrected chi connectivity index (χ4v) is 4.91. The van der Waals surface area contributed by atoms with E-state index in [9.17, 15) is 13.2 Å². The highest BCUT2D eigenvalue weighted by molar-refractivity contribution is 7.92. The van der Waals surface area contributed by atoms with E-state index in [-0.39, 0.29) is 29.6 Å². The van der Waals surface area contributed by atoms with Crippen LogP contribution in [0.4, 0.5) is 0 Å². The molecule has 2 aliphatic rings. The van der Waals surface area contributed by atoms with Crippen LogP contribution in [-0.4, -0.2) is 49.4 Å². The molecule has 2 heterocycles. The van der Waals surface area contributed by atoms with Crippen molar-refractivity contribution in [2.45, 2.75) is 17.7 Å².